The van der Waals surface area contributed by atoms with Gasteiger partial charge in [0.25, 0.3) is 5.69 Å². The minimum Gasteiger partial charge on any atom is -0.337 e. The molecule has 0 bridgehead atoms. The summed E-state index contributed by atoms with van der Waals surface area (Å²) in [5.74, 6) is 0.472. The SMILES string of the molecule is CC(C)c1ccc(N=c2scc(-c3cccc([N+](=O)[O-])c3)n2CCCn2ccnc2)cc1. The predicted molar refractivity (Wildman–Crippen MR) is 127 cm³/mol. The molecule has 0 aliphatic rings. The summed E-state index contributed by atoms with van der Waals surface area (Å²) in [6.45, 7) is 5.91. The van der Waals surface area contributed by atoms with Crippen molar-refractivity contribution in [3.05, 3.63) is 93.1 Å². The van der Waals surface area contributed by atoms with Gasteiger partial charge in [-0.1, -0.05) is 38.1 Å². The standard InChI is InChI=1S/C24H25N5O2S/c1-18(2)19-7-9-21(10-8-19)26-24-28(13-4-12-27-14-11-25-17-27)23(16-32-24)20-5-3-6-22(15-20)29(30)31/h3,5-11,14-18H,4,12-13H2,1-2H3. The number of aromatic nitrogens is 3. The van der Waals surface area contributed by atoms with Crippen LogP contribution >= 0.6 is 11.3 Å². The number of hydrogen-bond donors (Lipinski definition) is 0. The fourth-order valence-corrected chi connectivity index (χ4v) is 4.47. The molecule has 4 aromatic rings. The summed E-state index contributed by atoms with van der Waals surface area (Å²) in [6.07, 6.45) is 6.41. The molecule has 0 saturated carbocycles. The highest BCUT2D eigenvalue weighted by Crippen LogP contribution is 2.25. The number of non-ortho nitro benzene ring substituents is 1. The number of aryl methyl sites for hydroxylation is 1. The predicted octanol–water partition coefficient (Wildman–Crippen LogP) is 5.77. The van der Waals surface area contributed by atoms with E-state index in [1.54, 1.807) is 36.0 Å². The minimum atomic E-state index is -0.360. The Morgan fingerprint density at radius 2 is 1.97 bits per heavy atom. The largest absolute Gasteiger partial charge is 0.337 e. The Labute approximate surface area is 190 Å². The molecule has 164 valence electrons. The maximum atomic E-state index is 11.3. The van der Waals surface area contributed by atoms with Crippen LogP contribution in [0.2, 0.25) is 0 Å². The van der Waals surface area contributed by atoms with Crippen molar-refractivity contribution in [2.45, 2.75) is 39.3 Å². The van der Waals surface area contributed by atoms with Gasteiger partial charge in [0.15, 0.2) is 4.80 Å². The smallest absolute Gasteiger partial charge is 0.270 e. The van der Waals surface area contributed by atoms with Gasteiger partial charge in [0, 0.05) is 48.6 Å². The van der Waals surface area contributed by atoms with E-state index >= 15 is 0 Å². The average molecular weight is 448 g/mol. The Hall–Kier alpha value is -3.52. The number of benzene rings is 2. The van der Waals surface area contributed by atoms with E-state index in [4.69, 9.17) is 4.99 Å². The van der Waals surface area contributed by atoms with Gasteiger partial charge in [-0.05, 0) is 30.0 Å². The molecule has 0 saturated heterocycles. The zero-order valence-corrected chi connectivity index (χ0v) is 18.9. The fourth-order valence-electron chi connectivity index (χ4n) is 3.52. The third kappa shape index (κ3) is 5.03. The summed E-state index contributed by atoms with van der Waals surface area (Å²) in [5, 5.41) is 13.3. The number of nitrogens with zero attached hydrogens (tertiary/aromatic N) is 5. The Bertz CT molecular complexity index is 1250. The minimum absolute atomic E-state index is 0.0847. The molecule has 2 aromatic carbocycles. The van der Waals surface area contributed by atoms with Crippen LogP contribution in [0.4, 0.5) is 11.4 Å². The second kappa shape index (κ2) is 9.74. The average Bonchev–Trinajstić information content (AvgIpc) is 3.45. The van der Waals surface area contributed by atoms with Gasteiger partial charge in [0.2, 0.25) is 0 Å². The number of imidazole rings is 1. The Morgan fingerprint density at radius 3 is 2.66 bits per heavy atom. The van der Waals surface area contributed by atoms with Gasteiger partial charge >= 0.3 is 0 Å². The molecule has 7 nitrogen and oxygen atoms in total. The number of nitro groups is 1. The van der Waals surface area contributed by atoms with Crippen molar-refractivity contribution >= 4 is 22.7 Å². The third-order valence-electron chi connectivity index (χ3n) is 5.29. The van der Waals surface area contributed by atoms with Crippen LogP contribution in [0.1, 0.15) is 31.7 Å². The first kappa shape index (κ1) is 21.7. The van der Waals surface area contributed by atoms with Crippen LogP contribution in [0, 0.1) is 10.1 Å². The van der Waals surface area contributed by atoms with Crippen LogP contribution in [-0.2, 0) is 13.1 Å². The highest BCUT2D eigenvalue weighted by molar-refractivity contribution is 7.07. The normalized spacial score (nSPS) is 11.9. The van der Waals surface area contributed by atoms with Crippen molar-refractivity contribution in [1.29, 1.82) is 0 Å². The summed E-state index contributed by atoms with van der Waals surface area (Å²) < 4.78 is 4.19. The van der Waals surface area contributed by atoms with Crippen LogP contribution in [-0.4, -0.2) is 19.0 Å². The number of thiazole rings is 1. The van der Waals surface area contributed by atoms with Crippen molar-refractivity contribution in [2.24, 2.45) is 4.99 Å². The number of rotatable bonds is 8. The molecule has 2 aromatic heterocycles. The molecule has 2 heterocycles. The molecule has 0 atom stereocenters. The lowest BCUT2D eigenvalue weighted by Gasteiger charge is -2.10. The molecule has 0 fully saturated rings. The van der Waals surface area contributed by atoms with Crippen molar-refractivity contribution in [2.75, 3.05) is 0 Å². The lowest BCUT2D eigenvalue weighted by molar-refractivity contribution is -0.384. The van der Waals surface area contributed by atoms with Gasteiger partial charge in [-0.2, -0.15) is 0 Å². The first-order chi connectivity index (χ1) is 15.5. The van der Waals surface area contributed by atoms with E-state index in [1.165, 1.54) is 11.6 Å². The molecule has 4 rings (SSSR count). The van der Waals surface area contributed by atoms with E-state index in [1.807, 2.05) is 34.3 Å². The fraction of sp³-hybridized carbons (Fsp3) is 0.250. The summed E-state index contributed by atoms with van der Waals surface area (Å²) in [4.78, 5) is 20.8. The van der Waals surface area contributed by atoms with E-state index in [0.717, 1.165) is 41.3 Å². The molecular weight excluding hydrogens is 422 g/mol. The first-order valence-corrected chi connectivity index (χ1v) is 11.4. The molecule has 32 heavy (non-hydrogen) atoms. The quantitative estimate of drug-likeness (QED) is 0.254. The van der Waals surface area contributed by atoms with Crippen LogP contribution in [0.25, 0.3) is 11.3 Å². The zero-order valence-electron chi connectivity index (χ0n) is 18.1. The van der Waals surface area contributed by atoms with Gasteiger partial charge in [-0.15, -0.1) is 11.3 Å². The van der Waals surface area contributed by atoms with Crippen molar-refractivity contribution in [3.8, 4) is 11.3 Å². The topological polar surface area (TPSA) is 78.2 Å². The lowest BCUT2D eigenvalue weighted by Crippen LogP contribution is -2.17. The first-order valence-electron chi connectivity index (χ1n) is 10.5. The highest BCUT2D eigenvalue weighted by atomic mass is 32.1. The van der Waals surface area contributed by atoms with E-state index in [-0.39, 0.29) is 10.6 Å². The molecule has 0 amide bonds. The Morgan fingerprint density at radius 1 is 1.16 bits per heavy atom. The van der Waals surface area contributed by atoms with Gasteiger partial charge in [-0.3, -0.25) is 10.1 Å². The summed E-state index contributed by atoms with van der Waals surface area (Å²) >= 11 is 1.55. The van der Waals surface area contributed by atoms with Crippen LogP contribution < -0.4 is 4.80 Å². The Kier molecular flexibility index (Phi) is 6.61. The summed E-state index contributed by atoms with van der Waals surface area (Å²) in [6, 6.07) is 15.1. The third-order valence-corrected chi connectivity index (χ3v) is 6.16. The second-order valence-corrected chi connectivity index (χ2v) is 8.71. The molecule has 0 aliphatic carbocycles. The maximum absolute atomic E-state index is 11.3. The summed E-state index contributed by atoms with van der Waals surface area (Å²) in [5.41, 5.74) is 4.00. The monoisotopic (exact) mass is 447 g/mol. The second-order valence-electron chi connectivity index (χ2n) is 7.87. The van der Waals surface area contributed by atoms with Gasteiger partial charge in [0.1, 0.15) is 0 Å². The lowest BCUT2D eigenvalue weighted by atomic mass is 10.0. The van der Waals surface area contributed by atoms with E-state index < -0.39 is 0 Å². The van der Waals surface area contributed by atoms with Crippen LogP contribution in [0.3, 0.4) is 0 Å². The van der Waals surface area contributed by atoms with Crippen molar-refractivity contribution in [1.82, 2.24) is 14.1 Å². The van der Waals surface area contributed by atoms with Crippen molar-refractivity contribution < 1.29 is 4.92 Å². The molecule has 0 unspecified atom stereocenters. The molecule has 0 radical (unpaired) electrons. The van der Waals surface area contributed by atoms with Gasteiger partial charge in [0.05, 0.1) is 22.6 Å². The summed E-state index contributed by atoms with van der Waals surface area (Å²) in [7, 11) is 0. The molecule has 0 spiro atoms. The van der Waals surface area contributed by atoms with Gasteiger partial charge in [-0.25, -0.2) is 9.98 Å². The van der Waals surface area contributed by atoms with E-state index in [9.17, 15) is 10.1 Å². The Balaban J connectivity index is 1.70. The van der Waals surface area contributed by atoms with Crippen LogP contribution in [0.5, 0.6) is 0 Å². The molecule has 0 aliphatic heterocycles. The maximum Gasteiger partial charge on any atom is 0.270 e. The molecule has 0 N–H and O–H groups in total. The highest BCUT2D eigenvalue weighted by Gasteiger charge is 2.12. The molecular formula is C24H25N5O2S. The zero-order chi connectivity index (χ0) is 22.5. The number of nitro benzene ring substituents is 1. The van der Waals surface area contributed by atoms with E-state index in [0.29, 0.717) is 5.92 Å². The molecule has 8 heteroatoms. The van der Waals surface area contributed by atoms with Crippen molar-refractivity contribution in [3.63, 3.8) is 0 Å². The van der Waals surface area contributed by atoms with Crippen LogP contribution in [0.15, 0.2) is 77.6 Å². The number of hydrogen-bond acceptors (Lipinski definition) is 5. The van der Waals surface area contributed by atoms with E-state index in [2.05, 4.69) is 35.5 Å². The van der Waals surface area contributed by atoms with Gasteiger partial charge < -0.3 is 9.13 Å².